The summed E-state index contributed by atoms with van der Waals surface area (Å²) < 4.78 is 0. The molecule has 0 aliphatic carbocycles. The van der Waals surface area contributed by atoms with Crippen molar-refractivity contribution in [3.8, 4) is 0 Å². The molecule has 3 nitrogen and oxygen atoms in total. The number of aromatic carboxylic acids is 1. The highest BCUT2D eigenvalue weighted by molar-refractivity contribution is 5.95. The van der Waals surface area contributed by atoms with Crippen molar-refractivity contribution in [3.05, 3.63) is 59.7 Å². The van der Waals surface area contributed by atoms with Crippen LogP contribution in [0.15, 0.2) is 48.5 Å². The average molecular weight is 325 g/mol. The van der Waals surface area contributed by atoms with Crippen molar-refractivity contribution in [2.45, 2.75) is 51.9 Å². The summed E-state index contributed by atoms with van der Waals surface area (Å²) in [7, 11) is 0. The number of anilines is 2. The molecule has 2 rings (SSSR count). The molecule has 0 aromatic heterocycles. The fraction of sp³-hybridized carbons (Fsp3) is 0.381. The Morgan fingerprint density at radius 1 is 0.958 bits per heavy atom. The van der Waals surface area contributed by atoms with Gasteiger partial charge in [-0.1, -0.05) is 63.3 Å². The van der Waals surface area contributed by atoms with Crippen LogP contribution in [0.25, 0.3) is 0 Å². The van der Waals surface area contributed by atoms with E-state index in [1.165, 1.54) is 37.7 Å². The molecular formula is C21H27NO2. The first kappa shape index (κ1) is 18.1. The maximum Gasteiger partial charge on any atom is 0.337 e. The van der Waals surface area contributed by atoms with E-state index >= 15 is 0 Å². The van der Waals surface area contributed by atoms with Gasteiger partial charge in [-0.15, -0.1) is 0 Å². The summed E-state index contributed by atoms with van der Waals surface area (Å²) in [5.74, 6) is -0.903. The Balaban J connectivity index is 2.00. The number of aryl methyl sites for hydroxylation is 1. The van der Waals surface area contributed by atoms with E-state index in [0.717, 1.165) is 18.5 Å². The zero-order chi connectivity index (χ0) is 17.2. The molecule has 0 unspecified atom stereocenters. The molecule has 0 saturated carbocycles. The summed E-state index contributed by atoms with van der Waals surface area (Å²) in [4.78, 5) is 11.4. The minimum Gasteiger partial charge on any atom is -0.478 e. The third kappa shape index (κ3) is 5.73. The monoisotopic (exact) mass is 325 g/mol. The van der Waals surface area contributed by atoms with Gasteiger partial charge in [-0.25, -0.2) is 4.79 Å². The fourth-order valence-electron chi connectivity index (χ4n) is 2.82. The van der Waals surface area contributed by atoms with E-state index in [-0.39, 0.29) is 0 Å². The highest BCUT2D eigenvalue weighted by Gasteiger charge is 2.11. The van der Waals surface area contributed by atoms with Gasteiger partial charge in [0.15, 0.2) is 0 Å². The van der Waals surface area contributed by atoms with Crippen molar-refractivity contribution in [1.29, 1.82) is 0 Å². The van der Waals surface area contributed by atoms with Gasteiger partial charge in [-0.2, -0.15) is 0 Å². The average Bonchev–Trinajstić information content (AvgIpc) is 2.59. The quantitative estimate of drug-likeness (QED) is 0.524. The third-order valence-corrected chi connectivity index (χ3v) is 4.19. The van der Waals surface area contributed by atoms with Crippen molar-refractivity contribution in [3.63, 3.8) is 0 Å². The molecular weight excluding hydrogens is 298 g/mol. The molecule has 0 heterocycles. The molecule has 3 heteroatoms. The van der Waals surface area contributed by atoms with Gasteiger partial charge in [0.1, 0.15) is 0 Å². The lowest BCUT2D eigenvalue weighted by Gasteiger charge is -2.12. The molecule has 2 aromatic carbocycles. The molecule has 0 aliphatic rings. The number of rotatable bonds is 10. The minimum absolute atomic E-state index is 0.311. The highest BCUT2D eigenvalue weighted by Crippen LogP contribution is 2.23. The summed E-state index contributed by atoms with van der Waals surface area (Å²) in [6, 6.07) is 15.3. The Hall–Kier alpha value is -2.29. The summed E-state index contributed by atoms with van der Waals surface area (Å²) in [5.41, 5.74) is 3.06. The summed E-state index contributed by atoms with van der Waals surface area (Å²) >= 11 is 0. The first-order valence-electron chi connectivity index (χ1n) is 8.89. The van der Waals surface area contributed by atoms with E-state index in [4.69, 9.17) is 0 Å². The lowest BCUT2D eigenvalue weighted by Crippen LogP contribution is -2.03. The van der Waals surface area contributed by atoms with Crippen LogP contribution in [-0.2, 0) is 6.42 Å². The molecule has 0 bridgehead atoms. The molecule has 2 aromatic rings. The maximum absolute atomic E-state index is 11.4. The first-order chi connectivity index (χ1) is 11.7. The van der Waals surface area contributed by atoms with Gasteiger partial charge in [0.25, 0.3) is 0 Å². The van der Waals surface area contributed by atoms with E-state index in [2.05, 4.69) is 12.2 Å². The minimum atomic E-state index is -0.903. The summed E-state index contributed by atoms with van der Waals surface area (Å²) in [5, 5.41) is 12.6. The van der Waals surface area contributed by atoms with Crippen molar-refractivity contribution in [2.75, 3.05) is 5.32 Å². The standard InChI is InChI=1S/C21H27NO2/c1-2-3-4-5-6-8-11-17-14-15-19(21(23)24)20(16-17)22-18-12-9-7-10-13-18/h7,9-10,12-16,22H,2-6,8,11H2,1H3,(H,23,24). The summed E-state index contributed by atoms with van der Waals surface area (Å²) in [6.07, 6.45) is 8.58. The Morgan fingerprint density at radius 2 is 1.67 bits per heavy atom. The molecule has 0 fully saturated rings. The second kappa shape index (κ2) is 9.76. The van der Waals surface area contributed by atoms with Crippen LogP contribution in [0.1, 0.15) is 61.4 Å². The number of carbonyl (C=O) groups is 1. The number of carboxylic acid groups (broad SMARTS) is 1. The number of unbranched alkanes of at least 4 members (excludes halogenated alkanes) is 5. The molecule has 128 valence electrons. The first-order valence-corrected chi connectivity index (χ1v) is 8.89. The number of nitrogens with one attached hydrogen (secondary N) is 1. The lowest BCUT2D eigenvalue weighted by atomic mass is 10.0. The van der Waals surface area contributed by atoms with Gasteiger partial charge < -0.3 is 10.4 Å². The van der Waals surface area contributed by atoms with Gasteiger partial charge in [0, 0.05) is 5.69 Å². The zero-order valence-corrected chi connectivity index (χ0v) is 14.4. The summed E-state index contributed by atoms with van der Waals surface area (Å²) in [6.45, 7) is 2.23. The molecule has 0 radical (unpaired) electrons. The van der Waals surface area contributed by atoms with Crippen LogP contribution >= 0.6 is 0 Å². The van der Waals surface area contributed by atoms with Crippen LogP contribution in [0.5, 0.6) is 0 Å². The Labute approximate surface area is 144 Å². The van der Waals surface area contributed by atoms with Gasteiger partial charge in [0.2, 0.25) is 0 Å². The molecule has 24 heavy (non-hydrogen) atoms. The van der Waals surface area contributed by atoms with E-state index < -0.39 is 5.97 Å². The van der Waals surface area contributed by atoms with Crippen LogP contribution < -0.4 is 5.32 Å². The molecule has 0 aliphatic heterocycles. The van der Waals surface area contributed by atoms with Crippen LogP contribution in [-0.4, -0.2) is 11.1 Å². The number of carboxylic acids is 1. The molecule has 0 atom stereocenters. The SMILES string of the molecule is CCCCCCCCc1ccc(C(=O)O)c(Nc2ccccc2)c1. The Bertz CT molecular complexity index is 638. The van der Waals surface area contributed by atoms with E-state index in [0.29, 0.717) is 11.3 Å². The normalized spacial score (nSPS) is 10.5. The molecule has 2 N–H and O–H groups in total. The highest BCUT2D eigenvalue weighted by atomic mass is 16.4. The van der Waals surface area contributed by atoms with Gasteiger partial charge in [-0.3, -0.25) is 0 Å². The predicted octanol–water partition coefficient (Wildman–Crippen LogP) is 6.03. The topological polar surface area (TPSA) is 49.3 Å². The number of benzene rings is 2. The van der Waals surface area contributed by atoms with Gasteiger partial charge in [-0.05, 0) is 42.7 Å². The van der Waals surface area contributed by atoms with Crippen molar-refractivity contribution < 1.29 is 9.90 Å². The number of para-hydroxylation sites is 1. The van der Waals surface area contributed by atoms with Crippen LogP contribution in [0.2, 0.25) is 0 Å². The number of hydrogen-bond donors (Lipinski definition) is 2. The largest absolute Gasteiger partial charge is 0.478 e. The van der Waals surface area contributed by atoms with Crippen LogP contribution in [0, 0.1) is 0 Å². The van der Waals surface area contributed by atoms with Gasteiger partial charge in [0.05, 0.1) is 11.3 Å². The van der Waals surface area contributed by atoms with Crippen molar-refractivity contribution in [2.24, 2.45) is 0 Å². The molecule has 0 amide bonds. The maximum atomic E-state index is 11.4. The lowest BCUT2D eigenvalue weighted by molar-refractivity contribution is 0.0698. The van der Waals surface area contributed by atoms with Crippen LogP contribution in [0.3, 0.4) is 0 Å². The second-order valence-corrected chi connectivity index (χ2v) is 6.19. The second-order valence-electron chi connectivity index (χ2n) is 6.19. The van der Waals surface area contributed by atoms with E-state index in [1.807, 2.05) is 42.5 Å². The van der Waals surface area contributed by atoms with Crippen molar-refractivity contribution in [1.82, 2.24) is 0 Å². The fourth-order valence-corrected chi connectivity index (χ4v) is 2.82. The Morgan fingerprint density at radius 3 is 2.38 bits per heavy atom. The smallest absolute Gasteiger partial charge is 0.337 e. The predicted molar refractivity (Wildman–Crippen MR) is 100 cm³/mol. The Kier molecular flexibility index (Phi) is 7.34. The van der Waals surface area contributed by atoms with Gasteiger partial charge >= 0.3 is 5.97 Å². The van der Waals surface area contributed by atoms with E-state index in [9.17, 15) is 9.90 Å². The van der Waals surface area contributed by atoms with Crippen LogP contribution in [0.4, 0.5) is 11.4 Å². The number of hydrogen-bond acceptors (Lipinski definition) is 2. The third-order valence-electron chi connectivity index (χ3n) is 4.19. The van der Waals surface area contributed by atoms with Crippen molar-refractivity contribution >= 4 is 17.3 Å². The molecule has 0 spiro atoms. The zero-order valence-electron chi connectivity index (χ0n) is 14.4. The van der Waals surface area contributed by atoms with E-state index in [1.54, 1.807) is 6.07 Å². The molecule has 0 saturated heterocycles.